The van der Waals surface area contributed by atoms with Gasteiger partial charge in [-0.25, -0.2) is 9.59 Å². The SMILES string of the molecule is CCCC1SCC(C(=O)O)N1C(=O)N(C)C1CCOC1C. The van der Waals surface area contributed by atoms with E-state index in [-0.39, 0.29) is 23.6 Å². The molecule has 0 radical (unpaired) electrons. The summed E-state index contributed by atoms with van der Waals surface area (Å²) in [5, 5.41) is 9.33. The van der Waals surface area contributed by atoms with Gasteiger partial charge in [-0.1, -0.05) is 13.3 Å². The predicted molar refractivity (Wildman–Crippen MR) is 81.4 cm³/mol. The van der Waals surface area contributed by atoms with Gasteiger partial charge >= 0.3 is 12.0 Å². The van der Waals surface area contributed by atoms with Crippen molar-refractivity contribution in [3.8, 4) is 0 Å². The number of hydrogen-bond donors (Lipinski definition) is 1. The van der Waals surface area contributed by atoms with E-state index < -0.39 is 12.0 Å². The fraction of sp³-hybridized carbons (Fsp3) is 0.857. The number of carboxylic acid groups (broad SMARTS) is 1. The third-order valence-electron chi connectivity index (χ3n) is 4.27. The van der Waals surface area contributed by atoms with Crippen LogP contribution in [0.15, 0.2) is 0 Å². The van der Waals surface area contributed by atoms with E-state index >= 15 is 0 Å². The van der Waals surface area contributed by atoms with Gasteiger partial charge in [0.15, 0.2) is 0 Å². The van der Waals surface area contributed by atoms with Crippen LogP contribution < -0.4 is 0 Å². The Bertz CT molecular complexity index is 406. The standard InChI is InChI=1S/C14H24N2O4S/c1-4-5-12-16(11(8-21-12)13(17)18)14(19)15(3)10-6-7-20-9(10)2/h9-12H,4-8H2,1-3H3,(H,17,18). The van der Waals surface area contributed by atoms with E-state index in [1.807, 2.05) is 13.8 Å². The molecule has 2 amide bonds. The van der Waals surface area contributed by atoms with Crippen LogP contribution in [0.4, 0.5) is 4.79 Å². The van der Waals surface area contributed by atoms with E-state index in [9.17, 15) is 14.7 Å². The molecule has 2 saturated heterocycles. The molecule has 6 nitrogen and oxygen atoms in total. The van der Waals surface area contributed by atoms with Gasteiger partial charge in [0.25, 0.3) is 0 Å². The Morgan fingerprint density at radius 2 is 2.19 bits per heavy atom. The quantitative estimate of drug-likeness (QED) is 0.857. The second-order valence-electron chi connectivity index (χ2n) is 5.66. The minimum absolute atomic E-state index is 0.00195. The van der Waals surface area contributed by atoms with Crippen LogP contribution in [-0.4, -0.2) is 69.9 Å². The van der Waals surface area contributed by atoms with E-state index in [4.69, 9.17) is 4.74 Å². The summed E-state index contributed by atoms with van der Waals surface area (Å²) in [4.78, 5) is 27.4. The fourth-order valence-electron chi connectivity index (χ4n) is 3.03. The average molecular weight is 316 g/mol. The van der Waals surface area contributed by atoms with Crippen LogP contribution in [-0.2, 0) is 9.53 Å². The van der Waals surface area contributed by atoms with Crippen molar-refractivity contribution in [1.29, 1.82) is 0 Å². The van der Waals surface area contributed by atoms with Crippen LogP contribution >= 0.6 is 11.8 Å². The molecule has 120 valence electrons. The van der Waals surface area contributed by atoms with Crippen molar-refractivity contribution in [2.24, 2.45) is 0 Å². The molecule has 2 aliphatic heterocycles. The molecule has 4 unspecified atom stereocenters. The van der Waals surface area contributed by atoms with Gasteiger partial charge in [-0.3, -0.25) is 4.90 Å². The second-order valence-corrected chi connectivity index (χ2v) is 6.87. The lowest BCUT2D eigenvalue weighted by atomic mass is 10.1. The maximum atomic E-state index is 12.8. The van der Waals surface area contributed by atoms with E-state index in [0.717, 1.165) is 19.3 Å². The highest BCUT2D eigenvalue weighted by Crippen LogP contribution is 2.34. The van der Waals surface area contributed by atoms with Crippen molar-refractivity contribution in [3.05, 3.63) is 0 Å². The van der Waals surface area contributed by atoms with Crippen LogP contribution in [0, 0.1) is 0 Å². The van der Waals surface area contributed by atoms with Gasteiger partial charge in [0.2, 0.25) is 0 Å². The van der Waals surface area contributed by atoms with Gasteiger partial charge in [-0.05, 0) is 19.8 Å². The van der Waals surface area contributed by atoms with Crippen LogP contribution in [0.5, 0.6) is 0 Å². The number of carbonyl (C=O) groups is 2. The number of amides is 2. The largest absolute Gasteiger partial charge is 0.480 e. The molecule has 2 heterocycles. The first kappa shape index (κ1) is 16.4. The third kappa shape index (κ3) is 3.29. The van der Waals surface area contributed by atoms with Crippen LogP contribution in [0.3, 0.4) is 0 Å². The van der Waals surface area contributed by atoms with Gasteiger partial charge in [0.05, 0.1) is 17.5 Å². The fourth-order valence-corrected chi connectivity index (χ4v) is 4.54. The number of thioether (sulfide) groups is 1. The molecule has 2 fully saturated rings. The molecule has 7 heteroatoms. The molecule has 0 aliphatic carbocycles. The van der Waals surface area contributed by atoms with Crippen LogP contribution in [0.25, 0.3) is 0 Å². The van der Waals surface area contributed by atoms with Crippen molar-refractivity contribution in [2.45, 2.75) is 56.7 Å². The maximum absolute atomic E-state index is 12.8. The van der Waals surface area contributed by atoms with Crippen molar-refractivity contribution in [2.75, 3.05) is 19.4 Å². The number of aliphatic carboxylic acids is 1. The molecule has 0 bridgehead atoms. The first-order valence-corrected chi connectivity index (χ1v) is 8.53. The van der Waals surface area contributed by atoms with Gasteiger partial charge in [0.1, 0.15) is 6.04 Å². The zero-order chi connectivity index (χ0) is 15.6. The lowest BCUT2D eigenvalue weighted by Crippen LogP contribution is -2.54. The molecule has 0 aromatic rings. The number of hydrogen-bond acceptors (Lipinski definition) is 4. The number of urea groups is 1. The van der Waals surface area contributed by atoms with Crippen molar-refractivity contribution >= 4 is 23.8 Å². The lowest BCUT2D eigenvalue weighted by Gasteiger charge is -2.35. The topological polar surface area (TPSA) is 70.1 Å². The number of carboxylic acids is 1. The minimum Gasteiger partial charge on any atom is -0.480 e. The van der Waals surface area contributed by atoms with E-state index in [1.54, 1.807) is 28.6 Å². The van der Waals surface area contributed by atoms with Crippen LogP contribution in [0.1, 0.15) is 33.1 Å². The van der Waals surface area contributed by atoms with Crippen molar-refractivity contribution in [3.63, 3.8) is 0 Å². The van der Waals surface area contributed by atoms with E-state index in [2.05, 4.69) is 0 Å². The zero-order valence-electron chi connectivity index (χ0n) is 12.8. The zero-order valence-corrected chi connectivity index (χ0v) is 13.6. The molecule has 0 aromatic heterocycles. The molecule has 2 rings (SSSR count). The molecule has 2 aliphatic rings. The molecule has 0 saturated carbocycles. The van der Waals surface area contributed by atoms with Gasteiger partial charge < -0.3 is 14.7 Å². The van der Waals surface area contributed by atoms with Crippen LogP contribution in [0.2, 0.25) is 0 Å². The summed E-state index contributed by atoms with van der Waals surface area (Å²) in [6.07, 6.45) is 2.56. The van der Waals surface area contributed by atoms with Crippen molar-refractivity contribution < 1.29 is 19.4 Å². The van der Waals surface area contributed by atoms with E-state index in [0.29, 0.717) is 12.4 Å². The summed E-state index contributed by atoms with van der Waals surface area (Å²) in [6, 6.07) is -0.882. The highest BCUT2D eigenvalue weighted by Gasteiger charge is 2.44. The first-order valence-electron chi connectivity index (χ1n) is 7.48. The first-order chi connectivity index (χ1) is 9.97. The molecular weight excluding hydrogens is 292 g/mol. The predicted octanol–water partition coefficient (Wildman–Crippen LogP) is 1.84. The Kier molecular flexibility index (Phi) is 5.37. The Labute approximate surface area is 129 Å². The normalized spacial score (nSPS) is 32.4. The van der Waals surface area contributed by atoms with Gasteiger partial charge in [-0.15, -0.1) is 11.8 Å². The molecule has 0 aromatic carbocycles. The van der Waals surface area contributed by atoms with Crippen molar-refractivity contribution in [1.82, 2.24) is 9.80 Å². The monoisotopic (exact) mass is 316 g/mol. The molecule has 21 heavy (non-hydrogen) atoms. The number of nitrogens with zero attached hydrogens (tertiary/aromatic N) is 2. The summed E-state index contributed by atoms with van der Waals surface area (Å²) in [6.45, 7) is 4.66. The summed E-state index contributed by atoms with van der Waals surface area (Å²) >= 11 is 1.57. The maximum Gasteiger partial charge on any atom is 0.327 e. The Hall–Kier alpha value is -0.950. The number of ether oxygens (including phenoxy) is 1. The highest BCUT2D eigenvalue weighted by atomic mass is 32.2. The Morgan fingerprint density at radius 3 is 2.71 bits per heavy atom. The molecular formula is C14H24N2O4S. The summed E-state index contributed by atoms with van der Waals surface area (Å²) < 4.78 is 5.51. The molecule has 4 atom stereocenters. The minimum atomic E-state index is -0.918. The average Bonchev–Trinajstić information content (AvgIpc) is 3.04. The Morgan fingerprint density at radius 1 is 1.48 bits per heavy atom. The second kappa shape index (κ2) is 6.87. The number of likely N-dealkylation sites (N-methyl/N-ethyl adjacent to an activating group) is 1. The van der Waals surface area contributed by atoms with E-state index in [1.165, 1.54) is 0 Å². The summed E-state index contributed by atoms with van der Waals surface area (Å²) in [5.41, 5.74) is 0. The number of carbonyl (C=O) groups excluding carboxylic acids is 1. The Balaban J connectivity index is 2.14. The van der Waals surface area contributed by atoms with Gasteiger partial charge in [-0.2, -0.15) is 0 Å². The summed E-state index contributed by atoms with van der Waals surface area (Å²) in [7, 11) is 1.75. The number of rotatable bonds is 4. The summed E-state index contributed by atoms with van der Waals surface area (Å²) in [5.74, 6) is -0.449. The van der Waals surface area contributed by atoms with Gasteiger partial charge in [0, 0.05) is 19.4 Å². The molecule has 1 N–H and O–H groups in total. The highest BCUT2D eigenvalue weighted by molar-refractivity contribution is 8.00. The smallest absolute Gasteiger partial charge is 0.327 e. The molecule has 0 spiro atoms. The lowest BCUT2D eigenvalue weighted by molar-refractivity contribution is -0.141. The third-order valence-corrected chi connectivity index (χ3v) is 5.63.